The highest BCUT2D eigenvalue weighted by molar-refractivity contribution is 7.13. The van der Waals surface area contributed by atoms with E-state index in [4.69, 9.17) is 0 Å². The molecule has 4 heteroatoms. The van der Waals surface area contributed by atoms with Gasteiger partial charge in [0, 0.05) is 23.0 Å². The lowest BCUT2D eigenvalue weighted by Crippen LogP contribution is -2.29. The van der Waals surface area contributed by atoms with Crippen LogP contribution in [0.2, 0.25) is 0 Å². The normalized spacial score (nSPS) is 12.8. The molecular weight excluding hydrogens is 283 g/mol. The summed E-state index contributed by atoms with van der Waals surface area (Å²) in [5.41, 5.74) is 1.82. The molecule has 0 fully saturated rings. The number of benzene rings is 1. The Labute approximate surface area is 130 Å². The molecule has 0 radical (unpaired) electrons. The molecule has 1 aromatic heterocycles. The Hall–Kier alpha value is -1.23. The topological polar surface area (TPSA) is 15.3 Å². The summed E-state index contributed by atoms with van der Waals surface area (Å²) in [6, 6.07) is 9.73. The molecule has 0 aliphatic carbocycles. The molecule has 2 nitrogen and oxygen atoms in total. The van der Waals surface area contributed by atoms with E-state index < -0.39 is 0 Å². The predicted octanol–water partition coefficient (Wildman–Crippen LogP) is 3.98. The second-order valence-electron chi connectivity index (χ2n) is 5.67. The van der Waals surface area contributed by atoms with Crippen molar-refractivity contribution in [2.75, 3.05) is 20.6 Å². The zero-order valence-corrected chi connectivity index (χ0v) is 13.7. The first-order valence-corrected chi connectivity index (χ1v) is 8.14. The minimum atomic E-state index is -0.151. The van der Waals surface area contributed by atoms with Gasteiger partial charge < -0.3 is 10.2 Å². The van der Waals surface area contributed by atoms with Gasteiger partial charge in [-0.15, -0.1) is 11.3 Å². The maximum absolute atomic E-state index is 13.9. The Bertz CT molecular complexity index is 552. The van der Waals surface area contributed by atoms with Gasteiger partial charge in [-0.25, -0.2) is 4.39 Å². The summed E-state index contributed by atoms with van der Waals surface area (Å²) in [6.45, 7) is 4.03. The zero-order valence-electron chi connectivity index (χ0n) is 12.9. The Balaban J connectivity index is 1.97. The van der Waals surface area contributed by atoms with Crippen LogP contribution in [0.1, 0.15) is 18.9 Å². The molecule has 0 spiro atoms. The molecule has 1 unspecified atom stereocenters. The maximum Gasteiger partial charge on any atom is 0.131 e. The number of nitrogens with one attached hydrogen (secondary N) is 1. The van der Waals surface area contributed by atoms with E-state index in [0.717, 1.165) is 30.0 Å². The van der Waals surface area contributed by atoms with Gasteiger partial charge in [0.05, 0.1) is 0 Å². The number of hydrogen-bond donors (Lipinski definition) is 1. The van der Waals surface area contributed by atoms with Crippen LogP contribution in [0.3, 0.4) is 0 Å². The SMILES string of the molecule is CC(CCN(C)C)NCc1ccc(F)c(-c2cccs2)c1. The lowest BCUT2D eigenvalue weighted by molar-refractivity contribution is 0.365. The van der Waals surface area contributed by atoms with E-state index >= 15 is 0 Å². The van der Waals surface area contributed by atoms with E-state index in [9.17, 15) is 4.39 Å². The molecule has 1 atom stereocenters. The minimum Gasteiger partial charge on any atom is -0.310 e. The highest BCUT2D eigenvalue weighted by Crippen LogP contribution is 2.28. The molecule has 1 heterocycles. The van der Waals surface area contributed by atoms with E-state index in [1.807, 2.05) is 29.6 Å². The summed E-state index contributed by atoms with van der Waals surface area (Å²) < 4.78 is 13.9. The van der Waals surface area contributed by atoms with Crippen LogP contribution >= 0.6 is 11.3 Å². The summed E-state index contributed by atoms with van der Waals surface area (Å²) in [5.74, 6) is -0.151. The van der Waals surface area contributed by atoms with Crippen LogP contribution < -0.4 is 5.32 Å². The number of hydrogen-bond acceptors (Lipinski definition) is 3. The third kappa shape index (κ3) is 4.92. The molecule has 21 heavy (non-hydrogen) atoms. The number of halogens is 1. The van der Waals surface area contributed by atoms with Crippen molar-refractivity contribution in [3.8, 4) is 10.4 Å². The van der Waals surface area contributed by atoms with Gasteiger partial charge in [-0.2, -0.15) is 0 Å². The van der Waals surface area contributed by atoms with Crippen LogP contribution in [-0.2, 0) is 6.54 Å². The van der Waals surface area contributed by atoms with Crippen molar-refractivity contribution in [3.63, 3.8) is 0 Å². The van der Waals surface area contributed by atoms with Crippen molar-refractivity contribution in [2.45, 2.75) is 25.9 Å². The molecule has 0 saturated carbocycles. The van der Waals surface area contributed by atoms with Crippen LogP contribution in [0.5, 0.6) is 0 Å². The second-order valence-corrected chi connectivity index (χ2v) is 6.61. The molecule has 0 saturated heterocycles. The lowest BCUT2D eigenvalue weighted by Gasteiger charge is -2.17. The summed E-state index contributed by atoms with van der Waals surface area (Å²) in [5, 5.41) is 5.48. The fraction of sp³-hybridized carbons (Fsp3) is 0.412. The quantitative estimate of drug-likeness (QED) is 0.832. The zero-order chi connectivity index (χ0) is 15.2. The first-order valence-electron chi connectivity index (χ1n) is 7.26. The molecule has 0 aliphatic rings. The van der Waals surface area contributed by atoms with Gasteiger partial charge in [0.2, 0.25) is 0 Å². The Morgan fingerprint density at radius 2 is 2.10 bits per heavy atom. The smallest absolute Gasteiger partial charge is 0.131 e. The molecular formula is C17H23FN2S. The van der Waals surface area contributed by atoms with Crippen molar-refractivity contribution in [1.82, 2.24) is 10.2 Å². The van der Waals surface area contributed by atoms with Crippen molar-refractivity contribution >= 4 is 11.3 Å². The predicted molar refractivity (Wildman–Crippen MR) is 89.2 cm³/mol. The number of rotatable bonds is 7. The Kier molecular flexibility index (Phi) is 5.91. The molecule has 1 N–H and O–H groups in total. The van der Waals surface area contributed by atoms with Gasteiger partial charge in [0.15, 0.2) is 0 Å². The van der Waals surface area contributed by atoms with Crippen LogP contribution in [0.15, 0.2) is 35.7 Å². The van der Waals surface area contributed by atoms with Gasteiger partial charge in [0.1, 0.15) is 5.82 Å². The van der Waals surface area contributed by atoms with E-state index in [1.165, 1.54) is 0 Å². The van der Waals surface area contributed by atoms with Gasteiger partial charge in [-0.05, 0) is 63.1 Å². The summed E-state index contributed by atoms with van der Waals surface area (Å²) in [7, 11) is 4.17. The van der Waals surface area contributed by atoms with Crippen LogP contribution in [0.25, 0.3) is 10.4 Å². The third-order valence-electron chi connectivity index (χ3n) is 3.48. The molecule has 0 amide bonds. The van der Waals surface area contributed by atoms with Crippen molar-refractivity contribution in [2.24, 2.45) is 0 Å². The summed E-state index contributed by atoms with van der Waals surface area (Å²) in [6.07, 6.45) is 1.10. The standard InChI is InChI=1S/C17H23FN2S/c1-13(8-9-20(2)3)19-12-14-6-7-16(18)15(11-14)17-5-4-10-21-17/h4-7,10-11,13,19H,8-9,12H2,1-3H3. The Morgan fingerprint density at radius 1 is 1.29 bits per heavy atom. The van der Waals surface area contributed by atoms with Crippen LogP contribution in [0.4, 0.5) is 4.39 Å². The molecule has 114 valence electrons. The average Bonchev–Trinajstić information content (AvgIpc) is 2.98. The van der Waals surface area contributed by atoms with E-state index in [0.29, 0.717) is 11.6 Å². The third-order valence-corrected chi connectivity index (χ3v) is 4.38. The summed E-state index contributed by atoms with van der Waals surface area (Å²) in [4.78, 5) is 3.17. The number of thiophene rings is 1. The van der Waals surface area contributed by atoms with Gasteiger partial charge in [0.25, 0.3) is 0 Å². The number of nitrogens with zero attached hydrogens (tertiary/aromatic N) is 1. The van der Waals surface area contributed by atoms with E-state index in [1.54, 1.807) is 17.4 Å². The molecule has 2 rings (SSSR count). The molecule has 0 bridgehead atoms. The first-order chi connectivity index (χ1) is 10.1. The highest BCUT2D eigenvalue weighted by Gasteiger charge is 2.08. The van der Waals surface area contributed by atoms with E-state index in [-0.39, 0.29) is 5.82 Å². The van der Waals surface area contributed by atoms with Crippen molar-refractivity contribution in [3.05, 3.63) is 47.1 Å². The summed E-state index contributed by atoms with van der Waals surface area (Å²) >= 11 is 1.57. The fourth-order valence-corrected chi connectivity index (χ4v) is 2.89. The highest BCUT2D eigenvalue weighted by atomic mass is 32.1. The largest absolute Gasteiger partial charge is 0.310 e. The van der Waals surface area contributed by atoms with Gasteiger partial charge >= 0.3 is 0 Å². The second kappa shape index (κ2) is 7.69. The average molecular weight is 306 g/mol. The molecule has 0 aliphatic heterocycles. The van der Waals surface area contributed by atoms with Crippen LogP contribution in [0, 0.1) is 5.82 Å². The van der Waals surface area contributed by atoms with Crippen molar-refractivity contribution < 1.29 is 4.39 Å². The minimum absolute atomic E-state index is 0.151. The van der Waals surface area contributed by atoms with E-state index in [2.05, 4.69) is 31.2 Å². The monoisotopic (exact) mass is 306 g/mol. The van der Waals surface area contributed by atoms with Crippen molar-refractivity contribution in [1.29, 1.82) is 0 Å². The van der Waals surface area contributed by atoms with Gasteiger partial charge in [-0.3, -0.25) is 0 Å². The van der Waals surface area contributed by atoms with Crippen LogP contribution in [-0.4, -0.2) is 31.6 Å². The molecule has 2 aromatic rings. The fourth-order valence-electron chi connectivity index (χ4n) is 2.15. The lowest BCUT2D eigenvalue weighted by atomic mass is 10.1. The van der Waals surface area contributed by atoms with Gasteiger partial charge in [-0.1, -0.05) is 12.1 Å². The molecule has 1 aromatic carbocycles. The maximum atomic E-state index is 13.9. The Morgan fingerprint density at radius 3 is 2.76 bits per heavy atom. The first kappa shape index (κ1) is 16.1.